The second-order valence-corrected chi connectivity index (χ2v) is 4.97. The molecule has 7 heteroatoms. The van der Waals surface area contributed by atoms with Crippen LogP contribution in [0.3, 0.4) is 0 Å². The van der Waals surface area contributed by atoms with Gasteiger partial charge in [0, 0.05) is 23.8 Å². The van der Waals surface area contributed by atoms with Gasteiger partial charge >= 0.3 is 0 Å². The monoisotopic (exact) mass is 316 g/mol. The number of amides is 1. The molecular formula is C14H15F3N2OS. The third-order valence-electron chi connectivity index (χ3n) is 2.87. The number of alkyl halides is 2. The Kier molecular flexibility index (Phi) is 5.48. The molecule has 0 unspecified atom stereocenters. The van der Waals surface area contributed by atoms with Crippen LogP contribution in [0.4, 0.5) is 18.9 Å². The van der Waals surface area contributed by atoms with Crippen LogP contribution in [0.15, 0.2) is 35.4 Å². The quantitative estimate of drug-likeness (QED) is 0.661. The number of carbonyl (C=O) groups excluding carboxylic acids is 1. The Hall–Kier alpha value is -1.89. The number of thiocarbonyl (C=S) groups is 1. The molecule has 0 saturated carbocycles. The highest BCUT2D eigenvalue weighted by atomic mass is 32.1. The molecule has 1 amide bonds. The molecule has 21 heavy (non-hydrogen) atoms. The van der Waals surface area contributed by atoms with Gasteiger partial charge in [-0.15, -0.1) is 0 Å². The minimum Gasteiger partial charge on any atom is -0.332 e. The number of rotatable bonds is 3. The fourth-order valence-electron chi connectivity index (χ4n) is 1.42. The molecule has 0 heterocycles. The fraction of sp³-hybridized carbons (Fsp3) is 0.286. The van der Waals surface area contributed by atoms with Crippen molar-refractivity contribution in [2.24, 2.45) is 0 Å². The number of hydrogen-bond acceptors (Lipinski definition) is 2. The van der Waals surface area contributed by atoms with Crippen LogP contribution in [0.25, 0.3) is 0 Å². The van der Waals surface area contributed by atoms with Crippen molar-refractivity contribution in [1.82, 2.24) is 5.32 Å². The van der Waals surface area contributed by atoms with Gasteiger partial charge in [-0.25, -0.2) is 13.2 Å². The molecule has 0 aliphatic rings. The standard InChI is InChI=1S/C14H15F3N2OS/c1-8(9(2)14(3,16)17)12(20)19-13(21)18-11-6-4-5-10(15)7-11/h4-7H,1-3H3,(H2,18,19,20,21). The Morgan fingerprint density at radius 3 is 2.43 bits per heavy atom. The van der Waals surface area contributed by atoms with Gasteiger partial charge in [-0.1, -0.05) is 6.07 Å². The van der Waals surface area contributed by atoms with E-state index in [1.807, 2.05) is 0 Å². The van der Waals surface area contributed by atoms with Crippen LogP contribution in [-0.4, -0.2) is 16.9 Å². The number of carbonyl (C=O) groups is 1. The Bertz CT molecular complexity index is 594. The highest BCUT2D eigenvalue weighted by Gasteiger charge is 2.27. The first-order chi connectivity index (χ1) is 9.61. The van der Waals surface area contributed by atoms with Crippen LogP contribution >= 0.6 is 12.2 Å². The number of benzene rings is 1. The van der Waals surface area contributed by atoms with E-state index in [-0.39, 0.29) is 16.3 Å². The molecule has 1 aromatic rings. The summed E-state index contributed by atoms with van der Waals surface area (Å²) in [6.07, 6.45) is 0. The minimum atomic E-state index is -3.08. The second kappa shape index (κ2) is 6.71. The number of anilines is 1. The van der Waals surface area contributed by atoms with E-state index in [2.05, 4.69) is 10.6 Å². The molecule has 0 aromatic heterocycles. The van der Waals surface area contributed by atoms with Gasteiger partial charge in [-0.05, 0) is 44.3 Å². The van der Waals surface area contributed by atoms with Crippen molar-refractivity contribution in [2.45, 2.75) is 26.7 Å². The summed E-state index contributed by atoms with van der Waals surface area (Å²) in [5.74, 6) is -4.28. The summed E-state index contributed by atoms with van der Waals surface area (Å²) in [4.78, 5) is 11.8. The van der Waals surface area contributed by atoms with Gasteiger partial charge in [0.1, 0.15) is 5.82 Å². The molecule has 0 radical (unpaired) electrons. The largest absolute Gasteiger partial charge is 0.332 e. The molecule has 0 spiro atoms. The summed E-state index contributed by atoms with van der Waals surface area (Å²) in [7, 11) is 0. The van der Waals surface area contributed by atoms with Crippen LogP contribution in [-0.2, 0) is 4.79 Å². The van der Waals surface area contributed by atoms with E-state index in [9.17, 15) is 18.0 Å². The molecule has 2 N–H and O–H groups in total. The number of hydrogen-bond donors (Lipinski definition) is 2. The van der Waals surface area contributed by atoms with Gasteiger partial charge in [0.2, 0.25) is 0 Å². The number of allylic oxidation sites excluding steroid dienone is 1. The van der Waals surface area contributed by atoms with Gasteiger partial charge in [0.15, 0.2) is 5.11 Å². The third kappa shape index (κ3) is 5.18. The first kappa shape index (κ1) is 17.2. The van der Waals surface area contributed by atoms with Gasteiger partial charge in [-0.2, -0.15) is 0 Å². The maximum absolute atomic E-state index is 13.1. The van der Waals surface area contributed by atoms with E-state index in [0.717, 1.165) is 0 Å². The van der Waals surface area contributed by atoms with Crippen LogP contribution in [0.5, 0.6) is 0 Å². The second-order valence-electron chi connectivity index (χ2n) is 4.56. The van der Waals surface area contributed by atoms with Crippen LogP contribution in [0.1, 0.15) is 20.8 Å². The lowest BCUT2D eigenvalue weighted by Crippen LogP contribution is -2.35. The molecule has 114 valence electrons. The lowest BCUT2D eigenvalue weighted by molar-refractivity contribution is -0.116. The Labute approximate surface area is 126 Å². The first-order valence-corrected chi connectivity index (χ1v) is 6.45. The van der Waals surface area contributed by atoms with Crippen molar-refractivity contribution in [2.75, 3.05) is 5.32 Å². The molecule has 0 aliphatic carbocycles. The predicted octanol–water partition coefficient (Wildman–Crippen LogP) is 3.63. The van der Waals surface area contributed by atoms with E-state index >= 15 is 0 Å². The van der Waals surface area contributed by atoms with Gasteiger partial charge in [0.25, 0.3) is 11.8 Å². The first-order valence-electron chi connectivity index (χ1n) is 6.05. The summed E-state index contributed by atoms with van der Waals surface area (Å²) in [5.41, 5.74) is -0.112. The molecule has 1 rings (SSSR count). The molecule has 0 aliphatic heterocycles. The Balaban J connectivity index is 2.73. The van der Waals surface area contributed by atoms with Gasteiger partial charge in [0.05, 0.1) is 0 Å². The molecule has 1 aromatic carbocycles. The fourth-order valence-corrected chi connectivity index (χ4v) is 1.64. The predicted molar refractivity (Wildman–Crippen MR) is 79.8 cm³/mol. The molecule has 0 atom stereocenters. The maximum atomic E-state index is 13.1. The smallest absolute Gasteiger partial charge is 0.267 e. The van der Waals surface area contributed by atoms with Crippen molar-refractivity contribution in [3.8, 4) is 0 Å². The van der Waals surface area contributed by atoms with Crippen molar-refractivity contribution in [3.05, 3.63) is 41.2 Å². The summed E-state index contributed by atoms with van der Waals surface area (Å²) in [6, 6.07) is 5.46. The molecule has 0 bridgehead atoms. The third-order valence-corrected chi connectivity index (χ3v) is 3.08. The zero-order chi connectivity index (χ0) is 16.2. The van der Waals surface area contributed by atoms with Crippen LogP contribution in [0, 0.1) is 5.82 Å². The van der Waals surface area contributed by atoms with Crippen molar-refractivity contribution in [3.63, 3.8) is 0 Å². The van der Waals surface area contributed by atoms with Crippen molar-refractivity contribution >= 4 is 28.9 Å². The van der Waals surface area contributed by atoms with E-state index in [4.69, 9.17) is 12.2 Å². The van der Waals surface area contributed by atoms with E-state index < -0.39 is 17.6 Å². The molecule has 0 fully saturated rings. The van der Waals surface area contributed by atoms with Crippen molar-refractivity contribution < 1.29 is 18.0 Å². The zero-order valence-corrected chi connectivity index (χ0v) is 12.6. The number of halogens is 3. The summed E-state index contributed by atoms with van der Waals surface area (Å²) in [6.45, 7) is 3.17. The van der Waals surface area contributed by atoms with Gasteiger partial charge in [-0.3, -0.25) is 10.1 Å². The average molecular weight is 316 g/mol. The van der Waals surface area contributed by atoms with Gasteiger partial charge < -0.3 is 5.32 Å². The van der Waals surface area contributed by atoms with E-state index in [0.29, 0.717) is 12.6 Å². The van der Waals surface area contributed by atoms with Crippen molar-refractivity contribution in [1.29, 1.82) is 0 Å². The number of nitrogens with one attached hydrogen (secondary N) is 2. The highest BCUT2D eigenvalue weighted by Crippen LogP contribution is 2.25. The van der Waals surface area contributed by atoms with Crippen LogP contribution in [0.2, 0.25) is 0 Å². The summed E-state index contributed by atoms with van der Waals surface area (Å²) < 4.78 is 39.2. The molecule has 3 nitrogen and oxygen atoms in total. The maximum Gasteiger partial charge on any atom is 0.267 e. The summed E-state index contributed by atoms with van der Waals surface area (Å²) >= 11 is 4.88. The van der Waals surface area contributed by atoms with E-state index in [1.54, 1.807) is 6.07 Å². The molecule has 0 saturated heterocycles. The summed E-state index contributed by atoms with van der Waals surface area (Å²) in [5, 5.41) is 4.76. The lowest BCUT2D eigenvalue weighted by atomic mass is 10.1. The Morgan fingerprint density at radius 1 is 1.29 bits per heavy atom. The minimum absolute atomic E-state index is 0.0998. The topological polar surface area (TPSA) is 41.1 Å². The van der Waals surface area contributed by atoms with E-state index in [1.165, 1.54) is 32.0 Å². The lowest BCUT2D eigenvalue weighted by Gasteiger charge is -2.15. The average Bonchev–Trinajstić information content (AvgIpc) is 2.35. The zero-order valence-electron chi connectivity index (χ0n) is 11.8. The molecular weight excluding hydrogens is 301 g/mol. The normalized spacial score (nSPS) is 12.5. The van der Waals surface area contributed by atoms with Crippen LogP contribution < -0.4 is 10.6 Å². The Morgan fingerprint density at radius 2 is 1.90 bits per heavy atom. The SMILES string of the molecule is CC(C(=O)NC(=S)Nc1cccc(F)c1)=C(C)C(C)(F)F. The highest BCUT2D eigenvalue weighted by molar-refractivity contribution is 7.80.